The second-order valence-corrected chi connectivity index (χ2v) is 5.40. The minimum Gasteiger partial charge on any atom is -0.397 e. The number of aromatic amines is 1. The topological polar surface area (TPSA) is 70.9 Å². The van der Waals surface area contributed by atoms with Gasteiger partial charge in [-0.1, -0.05) is 0 Å². The number of amides is 1. The average Bonchev–Trinajstić information content (AvgIpc) is 3.20. The van der Waals surface area contributed by atoms with Gasteiger partial charge in [-0.25, -0.2) is 0 Å². The number of nitrogen functional groups attached to an aromatic ring is 1. The largest absolute Gasteiger partial charge is 0.397 e. The Kier molecular flexibility index (Phi) is 2.57. The summed E-state index contributed by atoms with van der Waals surface area (Å²) in [6.45, 7) is 0.826. The van der Waals surface area contributed by atoms with E-state index in [4.69, 9.17) is 5.73 Å². The zero-order valence-corrected chi connectivity index (χ0v) is 9.91. The predicted octanol–water partition coefficient (Wildman–Crippen LogP) is 1.76. The summed E-state index contributed by atoms with van der Waals surface area (Å²) in [6, 6.07) is 1.68. The summed E-state index contributed by atoms with van der Waals surface area (Å²) in [5.41, 5.74) is 6.75. The Morgan fingerprint density at radius 1 is 1.41 bits per heavy atom. The van der Waals surface area contributed by atoms with E-state index in [1.807, 2.05) is 0 Å². The highest BCUT2D eigenvalue weighted by Crippen LogP contribution is 2.48. The first kappa shape index (κ1) is 10.7. The lowest BCUT2D eigenvalue weighted by atomic mass is 9.98. The highest BCUT2D eigenvalue weighted by atomic mass is 16.1. The Balaban J connectivity index is 1.54. The fraction of sp³-hybridized carbons (Fsp3) is 0.615. The van der Waals surface area contributed by atoms with Gasteiger partial charge in [0.25, 0.3) is 5.91 Å². The molecule has 0 aromatic carbocycles. The molecule has 0 unspecified atom stereocenters. The molecule has 0 radical (unpaired) electrons. The maximum Gasteiger partial charge on any atom is 0.267 e. The quantitative estimate of drug-likeness (QED) is 0.725. The fourth-order valence-corrected chi connectivity index (χ4v) is 2.61. The average molecular weight is 233 g/mol. The van der Waals surface area contributed by atoms with Crippen molar-refractivity contribution in [3.63, 3.8) is 0 Å². The number of hydrogen-bond donors (Lipinski definition) is 3. The van der Waals surface area contributed by atoms with Crippen LogP contribution >= 0.6 is 0 Å². The number of hydrogen-bond acceptors (Lipinski definition) is 2. The van der Waals surface area contributed by atoms with Crippen LogP contribution in [0, 0.1) is 17.8 Å². The predicted molar refractivity (Wildman–Crippen MR) is 66.5 cm³/mol. The van der Waals surface area contributed by atoms with Crippen LogP contribution in [-0.2, 0) is 0 Å². The van der Waals surface area contributed by atoms with Crippen LogP contribution in [0.1, 0.15) is 36.2 Å². The summed E-state index contributed by atoms with van der Waals surface area (Å²) in [4.78, 5) is 14.7. The number of rotatable bonds is 5. The molecule has 4 N–H and O–H groups in total. The summed E-state index contributed by atoms with van der Waals surface area (Å²) < 4.78 is 0. The molecule has 0 saturated heterocycles. The van der Waals surface area contributed by atoms with E-state index in [1.165, 1.54) is 25.7 Å². The van der Waals surface area contributed by atoms with Gasteiger partial charge in [-0.05, 0) is 49.5 Å². The Morgan fingerprint density at radius 3 is 2.53 bits per heavy atom. The zero-order valence-electron chi connectivity index (χ0n) is 9.91. The summed E-state index contributed by atoms with van der Waals surface area (Å²) in [5.74, 6) is 2.42. The Bertz CT molecular complexity index is 406. The molecule has 1 heterocycles. The molecule has 4 nitrogen and oxygen atoms in total. The third-order valence-corrected chi connectivity index (χ3v) is 3.90. The molecule has 1 amide bonds. The van der Waals surface area contributed by atoms with Gasteiger partial charge in [0.05, 0.1) is 0 Å². The van der Waals surface area contributed by atoms with Crippen LogP contribution in [0.2, 0.25) is 0 Å². The third-order valence-electron chi connectivity index (χ3n) is 3.90. The highest BCUT2D eigenvalue weighted by Gasteiger charge is 2.41. The molecule has 0 aliphatic heterocycles. The molecule has 4 heteroatoms. The van der Waals surface area contributed by atoms with Gasteiger partial charge in [0, 0.05) is 18.4 Å². The molecule has 1 aromatic heterocycles. The van der Waals surface area contributed by atoms with Crippen molar-refractivity contribution in [1.29, 1.82) is 0 Å². The molecule has 92 valence electrons. The van der Waals surface area contributed by atoms with Crippen LogP contribution in [0.15, 0.2) is 12.3 Å². The summed E-state index contributed by atoms with van der Waals surface area (Å²) in [7, 11) is 0. The molecule has 2 aliphatic rings. The van der Waals surface area contributed by atoms with Crippen molar-refractivity contribution in [2.75, 3.05) is 12.3 Å². The number of anilines is 1. The van der Waals surface area contributed by atoms with Gasteiger partial charge in [0.1, 0.15) is 5.69 Å². The molecule has 1 aromatic rings. The number of nitrogens with two attached hydrogens (primary N) is 1. The number of nitrogens with one attached hydrogen (secondary N) is 2. The lowest BCUT2D eigenvalue weighted by molar-refractivity contribution is 0.0939. The SMILES string of the molecule is Nc1c[nH]c(C(=O)NCC(C2CC2)C2CC2)c1. The van der Waals surface area contributed by atoms with Crippen molar-refractivity contribution in [1.82, 2.24) is 10.3 Å². The van der Waals surface area contributed by atoms with E-state index < -0.39 is 0 Å². The normalized spacial score (nSPS) is 19.6. The molecular weight excluding hydrogens is 214 g/mol. The highest BCUT2D eigenvalue weighted by molar-refractivity contribution is 5.93. The van der Waals surface area contributed by atoms with Crippen molar-refractivity contribution in [3.05, 3.63) is 18.0 Å². The van der Waals surface area contributed by atoms with E-state index in [-0.39, 0.29) is 5.91 Å². The van der Waals surface area contributed by atoms with Crippen molar-refractivity contribution in [2.24, 2.45) is 17.8 Å². The number of carbonyl (C=O) groups excluding carboxylic acids is 1. The van der Waals surface area contributed by atoms with Gasteiger partial charge in [-0.2, -0.15) is 0 Å². The minimum atomic E-state index is -0.0343. The van der Waals surface area contributed by atoms with Gasteiger partial charge in [-0.15, -0.1) is 0 Å². The zero-order chi connectivity index (χ0) is 11.8. The second-order valence-electron chi connectivity index (χ2n) is 5.40. The number of aromatic nitrogens is 1. The third kappa shape index (κ3) is 2.46. The molecule has 0 spiro atoms. The van der Waals surface area contributed by atoms with Gasteiger partial charge in [0.2, 0.25) is 0 Å². The maximum atomic E-state index is 11.9. The Labute approximate surface area is 101 Å². The van der Waals surface area contributed by atoms with Gasteiger partial charge in [0.15, 0.2) is 0 Å². The van der Waals surface area contributed by atoms with Crippen molar-refractivity contribution in [3.8, 4) is 0 Å². The second kappa shape index (κ2) is 4.09. The molecule has 0 bridgehead atoms. The summed E-state index contributed by atoms with van der Waals surface area (Å²) in [6.07, 6.45) is 7.06. The molecule has 0 atom stereocenters. The van der Waals surface area contributed by atoms with Gasteiger partial charge < -0.3 is 16.0 Å². The smallest absolute Gasteiger partial charge is 0.267 e. The van der Waals surface area contributed by atoms with Gasteiger partial charge >= 0.3 is 0 Å². The standard InChI is InChI=1S/C13H19N3O/c14-10-5-12(15-6-10)13(17)16-7-11(8-1-2-8)9-3-4-9/h5-6,8-9,11,15H,1-4,7,14H2,(H,16,17). The van der Waals surface area contributed by atoms with Crippen LogP contribution in [-0.4, -0.2) is 17.4 Å². The van der Waals surface area contributed by atoms with E-state index in [0.29, 0.717) is 17.3 Å². The lowest BCUT2D eigenvalue weighted by Crippen LogP contribution is -2.31. The van der Waals surface area contributed by atoms with Crippen LogP contribution in [0.25, 0.3) is 0 Å². The van der Waals surface area contributed by atoms with Crippen molar-refractivity contribution >= 4 is 11.6 Å². The first-order chi connectivity index (χ1) is 8.24. The first-order valence-corrected chi connectivity index (χ1v) is 6.46. The number of carbonyl (C=O) groups is 1. The van der Waals surface area contributed by atoms with Crippen LogP contribution in [0.3, 0.4) is 0 Å². The van der Waals surface area contributed by atoms with Crippen molar-refractivity contribution < 1.29 is 4.79 Å². The number of H-pyrrole nitrogens is 1. The molecule has 3 rings (SSSR count). The molecular formula is C13H19N3O. The first-order valence-electron chi connectivity index (χ1n) is 6.46. The van der Waals surface area contributed by atoms with Crippen LogP contribution < -0.4 is 11.1 Å². The van der Waals surface area contributed by atoms with E-state index in [0.717, 1.165) is 18.4 Å². The fourth-order valence-electron chi connectivity index (χ4n) is 2.61. The van der Waals surface area contributed by atoms with Crippen LogP contribution in [0.5, 0.6) is 0 Å². The van der Waals surface area contributed by atoms with E-state index >= 15 is 0 Å². The minimum absolute atomic E-state index is 0.0343. The Hall–Kier alpha value is -1.45. The lowest BCUT2D eigenvalue weighted by Gasteiger charge is -2.15. The maximum absolute atomic E-state index is 11.9. The van der Waals surface area contributed by atoms with E-state index in [1.54, 1.807) is 12.3 Å². The molecule has 2 aliphatic carbocycles. The molecule has 17 heavy (non-hydrogen) atoms. The van der Waals surface area contributed by atoms with E-state index in [9.17, 15) is 4.79 Å². The molecule has 2 fully saturated rings. The summed E-state index contributed by atoms with van der Waals surface area (Å²) >= 11 is 0. The Morgan fingerprint density at radius 2 is 2.06 bits per heavy atom. The van der Waals surface area contributed by atoms with Crippen LogP contribution in [0.4, 0.5) is 5.69 Å². The molecule has 2 saturated carbocycles. The van der Waals surface area contributed by atoms with Crippen molar-refractivity contribution in [2.45, 2.75) is 25.7 Å². The monoisotopic (exact) mass is 233 g/mol. The van der Waals surface area contributed by atoms with Gasteiger partial charge in [-0.3, -0.25) is 4.79 Å². The van der Waals surface area contributed by atoms with E-state index in [2.05, 4.69) is 10.3 Å². The summed E-state index contributed by atoms with van der Waals surface area (Å²) in [5, 5.41) is 3.03.